The minimum Gasteiger partial charge on any atom is -0.378 e. The fourth-order valence-electron chi connectivity index (χ4n) is 1.67. The lowest BCUT2D eigenvalue weighted by Crippen LogP contribution is -2.18. The van der Waals surface area contributed by atoms with Crippen LogP contribution in [0.2, 0.25) is 0 Å². The molecule has 0 aliphatic carbocycles. The van der Waals surface area contributed by atoms with Crippen molar-refractivity contribution >= 4 is 0 Å². The van der Waals surface area contributed by atoms with Crippen LogP contribution < -0.4 is 0 Å². The van der Waals surface area contributed by atoms with Crippen molar-refractivity contribution in [3.8, 4) is 11.8 Å². The molecule has 0 radical (unpaired) electrons. The van der Waals surface area contributed by atoms with E-state index in [9.17, 15) is 0 Å². The quantitative estimate of drug-likeness (QED) is 0.479. The zero-order valence-electron chi connectivity index (χ0n) is 8.64. The lowest BCUT2D eigenvalue weighted by atomic mass is 10.0. The van der Waals surface area contributed by atoms with Gasteiger partial charge in [-0.1, -0.05) is 6.92 Å². The van der Waals surface area contributed by atoms with Crippen molar-refractivity contribution in [3.05, 3.63) is 0 Å². The molecule has 13 heavy (non-hydrogen) atoms. The first-order valence-corrected chi connectivity index (χ1v) is 5.51. The third kappa shape index (κ3) is 4.95. The van der Waals surface area contributed by atoms with E-state index in [2.05, 4.69) is 18.8 Å². The first-order valence-electron chi connectivity index (χ1n) is 5.51. The standard InChI is InChI=1S/C12H20O/c1-2-3-4-5-6-9-12-10-7-8-11-13-12/h12H,2,5-11H2,1H3. The molecule has 0 aromatic rings. The molecule has 1 aliphatic heterocycles. The topological polar surface area (TPSA) is 9.23 Å². The van der Waals surface area contributed by atoms with Crippen LogP contribution in [0.15, 0.2) is 0 Å². The SMILES string of the molecule is CCC#CCCCC1CCCCO1. The maximum absolute atomic E-state index is 5.64. The van der Waals surface area contributed by atoms with E-state index in [0.717, 1.165) is 19.4 Å². The molecule has 1 unspecified atom stereocenters. The van der Waals surface area contributed by atoms with Gasteiger partial charge in [-0.15, -0.1) is 11.8 Å². The van der Waals surface area contributed by atoms with Gasteiger partial charge in [0.25, 0.3) is 0 Å². The van der Waals surface area contributed by atoms with Crippen LogP contribution in [0.25, 0.3) is 0 Å². The summed E-state index contributed by atoms with van der Waals surface area (Å²) in [6, 6.07) is 0. The van der Waals surface area contributed by atoms with E-state index in [1.165, 1.54) is 32.1 Å². The number of rotatable bonds is 3. The summed E-state index contributed by atoms with van der Waals surface area (Å²) in [5, 5.41) is 0. The molecule has 0 bridgehead atoms. The zero-order valence-corrected chi connectivity index (χ0v) is 8.64. The van der Waals surface area contributed by atoms with Crippen LogP contribution >= 0.6 is 0 Å². The highest BCUT2D eigenvalue weighted by Crippen LogP contribution is 2.17. The van der Waals surface area contributed by atoms with Gasteiger partial charge in [-0.3, -0.25) is 0 Å². The van der Waals surface area contributed by atoms with Crippen LogP contribution in [-0.2, 0) is 4.74 Å². The third-order valence-corrected chi connectivity index (χ3v) is 2.40. The van der Waals surface area contributed by atoms with Gasteiger partial charge in [0.1, 0.15) is 0 Å². The summed E-state index contributed by atoms with van der Waals surface area (Å²) in [6.07, 6.45) is 8.86. The fourth-order valence-corrected chi connectivity index (χ4v) is 1.67. The molecule has 1 nitrogen and oxygen atoms in total. The second kappa shape index (κ2) is 6.97. The first-order chi connectivity index (χ1) is 6.43. The maximum Gasteiger partial charge on any atom is 0.0575 e. The van der Waals surface area contributed by atoms with Crippen LogP contribution in [0, 0.1) is 11.8 Å². The highest BCUT2D eigenvalue weighted by atomic mass is 16.5. The van der Waals surface area contributed by atoms with Gasteiger partial charge < -0.3 is 4.74 Å². The van der Waals surface area contributed by atoms with E-state index >= 15 is 0 Å². The molecule has 1 heterocycles. The number of ether oxygens (including phenoxy) is 1. The molecule has 1 heteroatoms. The average Bonchev–Trinajstić information content (AvgIpc) is 2.19. The van der Waals surface area contributed by atoms with Crippen molar-refractivity contribution < 1.29 is 4.74 Å². The Morgan fingerprint density at radius 1 is 1.31 bits per heavy atom. The molecule has 1 saturated heterocycles. The smallest absolute Gasteiger partial charge is 0.0575 e. The summed E-state index contributed by atoms with van der Waals surface area (Å²) in [7, 11) is 0. The Kier molecular flexibility index (Phi) is 5.69. The van der Waals surface area contributed by atoms with E-state index in [-0.39, 0.29) is 0 Å². The molecule has 74 valence electrons. The second-order valence-corrected chi connectivity index (χ2v) is 3.59. The zero-order chi connectivity index (χ0) is 9.36. The molecule has 1 rings (SSSR count). The lowest BCUT2D eigenvalue weighted by Gasteiger charge is -2.21. The van der Waals surface area contributed by atoms with Gasteiger partial charge in [-0.05, 0) is 32.1 Å². The Hall–Kier alpha value is -0.480. The van der Waals surface area contributed by atoms with Crippen LogP contribution in [0.3, 0.4) is 0 Å². The van der Waals surface area contributed by atoms with E-state index in [1.54, 1.807) is 0 Å². The predicted octanol–water partition coefficient (Wildman–Crippen LogP) is 3.14. The van der Waals surface area contributed by atoms with Gasteiger partial charge in [0.05, 0.1) is 6.10 Å². The monoisotopic (exact) mass is 180 g/mol. The van der Waals surface area contributed by atoms with Crippen LogP contribution in [0.4, 0.5) is 0 Å². The van der Waals surface area contributed by atoms with Crippen LogP contribution in [0.1, 0.15) is 51.9 Å². The predicted molar refractivity (Wildman–Crippen MR) is 55.5 cm³/mol. The van der Waals surface area contributed by atoms with Gasteiger partial charge in [-0.2, -0.15) is 0 Å². The summed E-state index contributed by atoms with van der Waals surface area (Å²) >= 11 is 0. The summed E-state index contributed by atoms with van der Waals surface area (Å²) in [4.78, 5) is 0. The summed E-state index contributed by atoms with van der Waals surface area (Å²) in [5.74, 6) is 6.26. The van der Waals surface area contributed by atoms with Crippen LogP contribution in [0.5, 0.6) is 0 Å². The maximum atomic E-state index is 5.64. The molecule has 0 N–H and O–H groups in total. The molecule has 0 aromatic heterocycles. The Bertz CT molecular complexity index is 169. The molecule has 0 spiro atoms. The van der Waals surface area contributed by atoms with Crippen molar-refractivity contribution in [1.29, 1.82) is 0 Å². The molecular formula is C12H20O. The molecule has 0 aromatic carbocycles. The first kappa shape index (κ1) is 10.6. The van der Waals surface area contributed by atoms with Crippen molar-refractivity contribution in [2.24, 2.45) is 0 Å². The molecule has 1 aliphatic rings. The Morgan fingerprint density at radius 2 is 2.23 bits per heavy atom. The van der Waals surface area contributed by atoms with Gasteiger partial charge in [0, 0.05) is 19.4 Å². The number of hydrogen-bond acceptors (Lipinski definition) is 1. The summed E-state index contributed by atoms with van der Waals surface area (Å²) < 4.78 is 5.64. The van der Waals surface area contributed by atoms with Gasteiger partial charge in [-0.25, -0.2) is 0 Å². The van der Waals surface area contributed by atoms with Gasteiger partial charge >= 0.3 is 0 Å². The Balaban J connectivity index is 1.98. The van der Waals surface area contributed by atoms with E-state index in [4.69, 9.17) is 4.74 Å². The van der Waals surface area contributed by atoms with Crippen LogP contribution in [-0.4, -0.2) is 12.7 Å². The highest BCUT2D eigenvalue weighted by Gasteiger charge is 2.12. The molecule has 1 atom stereocenters. The minimum atomic E-state index is 0.539. The van der Waals surface area contributed by atoms with Crippen molar-refractivity contribution in [1.82, 2.24) is 0 Å². The molecule has 0 amide bonds. The van der Waals surface area contributed by atoms with E-state index < -0.39 is 0 Å². The van der Waals surface area contributed by atoms with Crippen molar-refractivity contribution in [2.45, 2.75) is 58.0 Å². The molecule has 0 saturated carbocycles. The van der Waals surface area contributed by atoms with E-state index in [0.29, 0.717) is 6.10 Å². The normalized spacial score (nSPS) is 22.1. The van der Waals surface area contributed by atoms with Gasteiger partial charge in [0.15, 0.2) is 0 Å². The average molecular weight is 180 g/mol. The van der Waals surface area contributed by atoms with Crippen molar-refractivity contribution in [3.63, 3.8) is 0 Å². The number of unbranched alkanes of at least 4 members (excludes halogenated alkanes) is 1. The molecular weight excluding hydrogens is 160 g/mol. The lowest BCUT2D eigenvalue weighted by molar-refractivity contribution is 0.0104. The Morgan fingerprint density at radius 3 is 2.92 bits per heavy atom. The largest absolute Gasteiger partial charge is 0.378 e. The van der Waals surface area contributed by atoms with E-state index in [1.807, 2.05) is 0 Å². The molecule has 1 fully saturated rings. The highest BCUT2D eigenvalue weighted by molar-refractivity contribution is 4.97. The minimum absolute atomic E-state index is 0.539. The third-order valence-electron chi connectivity index (χ3n) is 2.40. The number of hydrogen-bond donors (Lipinski definition) is 0. The fraction of sp³-hybridized carbons (Fsp3) is 0.833. The van der Waals surface area contributed by atoms with Crippen molar-refractivity contribution in [2.75, 3.05) is 6.61 Å². The van der Waals surface area contributed by atoms with Gasteiger partial charge in [0.2, 0.25) is 0 Å². The second-order valence-electron chi connectivity index (χ2n) is 3.59. The Labute approximate surface area is 81.9 Å². The summed E-state index contributed by atoms with van der Waals surface area (Å²) in [6.45, 7) is 3.07. The summed E-state index contributed by atoms with van der Waals surface area (Å²) in [5.41, 5.74) is 0.